The van der Waals surface area contributed by atoms with Crippen molar-refractivity contribution in [3.63, 3.8) is 0 Å². The molecule has 0 aliphatic carbocycles. The average Bonchev–Trinajstić information content (AvgIpc) is 2.48. The lowest BCUT2D eigenvalue weighted by molar-refractivity contribution is -0.145. The molecular weight excluding hydrogens is 277 g/mol. The van der Waals surface area contributed by atoms with Crippen LogP contribution in [0.1, 0.15) is 13.8 Å². The normalized spacial score (nSPS) is 18.6. The van der Waals surface area contributed by atoms with Crippen molar-refractivity contribution in [2.24, 2.45) is 0 Å². The van der Waals surface area contributed by atoms with Gasteiger partial charge in [0, 0.05) is 17.8 Å². The van der Waals surface area contributed by atoms with Gasteiger partial charge in [-0.2, -0.15) is 0 Å². The third-order valence-electron chi connectivity index (χ3n) is 3.26. The summed E-state index contributed by atoms with van der Waals surface area (Å²) in [5.74, 6) is -0.587. The molecular formula is C15H20FNO4. The Bertz CT molecular complexity index is 500. The molecule has 1 fully saturated rings. The first-order valence-electron chi connectivity index (χ1n) is 6.90. The van der Waals surface area contributed by atoms with Crippen molar-refractivity contribution in [1.29, 1.82) is 0 Å². The fourth-order valence-electron chi connectivity index (χ4n) is 2.27. The average molecular weight is 297 g/mol. The number of anilines is 1. The summed E-state index contributed by atoms with van der Waals surface area (Å²) in [6.45, 7) is 4.83. The van der Waals surface area contributed by atoms with Crippen LogP contribution in [0.4, 0.5) is 10.1 Å². The van der Waals surface area contributed by atoms with Crippen LogP contribution < -0.4 is 9.64 Å². The molecule has 0 N–H and O–H groups in total. The van der Waals surface area contributed by atoms with Crippen molar-refractivity contribution >= 4 is 11.6 Å². The summed E-state index contributed by atoms with van der Waals surface area (Å²) in [6, 6.07) is 4.32. The maximum Gasteiger partial charge on any atom is 0.258 e. The van der Waals surface area contributed by atoms with Crippen LogP contribution in [0.5, 0.6) is 5.75 Å². The molecule has 0 radical (unpaired) electrons. The Morgan fingerprint density at radius 2 is 2.19 bits per heavy atom. The SMILES string of the molecule is COc1ccc(N(C(=O)[C@@H]2COCCO2)C(C)C)cc1F. The fraction of sp³-hybridized carbons (Fsp3) is 0.533. The second-order valence-electron chi connectivity index (χ2n) is 5.06. The van der Waals surface area contributed by atoms with E-state index in [1.807, 2.05) is 13.8 Å². The summed E-state index contributed by atoms with van der Waals surface area (Å²) < 4.78 is 29.5. The molecule has 1 aromatic rings. The van der Waals surface area contributed by atoms with Gasteiger partial charge in [0.15, 0.2) is 17.7 Å². The molecule has 1 heterocycles. The largest absolute Gasteiger partial charge is 0.494 e. The van der Waals surface area contributed by atoms with E-state index >= 15 is 0 Å². The molecule has 21 heavy (non-hydrogen) atoms. The number of halogens is 1. The van der Waals surface area contributed by atoms with Crippen LogP contribution in [-0.2, 0) is 14.3 Å². The van der Waals surface area contributed by atoms with Crippen molar-refractivity contribution in [2.45, 2.75) is 26.0 Å². The van der Waals surface area contributed by atoms with Crippen LogP contribution in [0.2, 0.25) is 0 Å². The first-order chi connectivity index (χ1) is 10.0. The number of carbonyl (C=O) groups excluding carboxylic acids is 1. The summed E-state index contributed by atoms with van der Waals surface area (Å²) in [5.41, 5.74) is 0.475. The van der Waals surface area contributed by atoms with Gasteiger partial charge in [-0.1, -0.05) is 0 Å². The Balaban J connectivity index is 2.25. The van der Waals surface area contributed by atoms with Crippen LogP contribution in [-0.4, -0.2) is 45.0 Å². The molecule has 2 rings (SSSR count). The molecule has 1 saturated heterocycles. The van der Waals surface area contributed by atoms with E-state index in [1.165, 1.54) is 24.1 Å². The predicted molar refractivity (Wildman–Crippen MR) is 76.1 cm³/mol. The van der Waals surface area contributed by atoms with Gasteiger partial charge in [0.25, 0.3) is 5.91 Å². The molecule has 1 atom stereocenters. The standard InChI is InChI=1S/C15H20FNO4/c1-10(2)17(15(18)14-9-20-6-7-21-14)11-4-5-13(19-3)12(16)8-11/h4-5,8,10,14H,6-7,9H2,1-3H3/t14-/m0/s1. The molecule has 6 heteroatoms. The molecule has 1 aliphatic heterocycles. The topological polar surface area (TPSA) is 48.0 Å². The molecule has 0 unspecified atom stereocenters. The van der Waals surface area contributed by atoms with E-state index < -0.39 is 11.9 Å². The highest BCUT2D eigenvalue weighted by molar-refractivity contribution is 5.97. The lowest BCUT2D eigenvalue weighted by atomic mass is 10.2. The van der Waals surface area contributed by atoms with Crippen LogP contribution >= 0.6 is 0 Å². The van der Waals surface area contributed by atoms with Gasteiger partial charge in [0.05, 0.1) is 26.9 Å². The maximum atomic E-state index is 13.9. The quantitative estimate of drug-likeness (QED) is 0.853. The number of methoxy groups -OCH3 is 1. The fourth-order valence-corrected chi connectivity index (χ4v) is 2.27. The zero-order chi connectivity index (χ0) is 15.4. The van der Waals surface area contributed by atoms with Gasteiger partial charge in [0.2, 0.25) is 0 Å². The third kappa shape index (κ3) is 3.51. The summed E-state index contributed by atoms with van der Waals surface area (Å²) in [4.78, 5) is 14.1. The minimum Gasteiger partial charge on any atom is -0.494 e. The van der Waals surface area contributed by atoms with Crippen molar-refractivity contribution in [3.8, 4) is 5.75 Å². The molecule has 0 saturated carbocycles. The van der Waals surface area contributed by atoms with Gasteiger partial charge >= 0.3 is 0 Å². The van der Waals surface area contributed by atoms with E-state index in [0.717, 1.165) is 0 Å². The van der Waals surface area contributed by atoms with E-state index in [1.54, 1.807) is 6.07 Å². The van der Waals surface area contributed by atoms with Crippen LogP contribution in [0.15, 0.2) is 18.2 Å². The van der Waals surface area contributed by atoms with E-state index in [-0.39, 0.29) is 24.3 Å². The Kier molecular flexibility index (Phi) is 5.14. The number of amides is 1. The van der Waals surface area contributed by atoms with E-state index in [9.17, 15) is 9.18 Å². The van der Waals surface area contributed by atoms with Crippen molar-refractivity contribution < 1.29 is 23.4 Å². The Morgan fingerprint density at radius 1 is 1.43 bits per heavy atom. The predicted octanol–water partition coefficient (Wildman–Crippen LogP) is 1.99. The Hall–Kier alpha value is -1.66. The first kappa shape index (κ1) is 15.7. The van der Waals surface area contributed by atoms with Crippen molar-refractivity contribution in [1.82, 2.24) is 0 Å². The van der Waals surface area contributed by atoms with Gasteiger partial charge in [0.1, 0.15) is 0 Å². The number of hydrogen-bond acceptors (Lipinski definition) is 4. The Morgan fingerprint density at radius 3 is 2.71 bits per heavy atom. The highest BCUT2D eigenvalue weighted by Crippen LogP contribution is 2.26. The maximum absolute atomic E-state index is 13.9. The summed E-state index contributed by atoms with van der Waals surface area (Å²) in [6.07, 6.45) is -0.647. The number of ether oxygens (including phenoxy) is 3. The van der Waals surface area contributed by atoms with Crippen LogP contribution in [0, 0.1) is 5.82 Å². The molecule has 0 aromatic heterocycles. The van der Waals surface area contributed by atoms with Gasteiger partial charge in [-0.05, 0) is 26.0 Å². The first-order valence-corrected chi connectivity index (χ1v) is 6.90. The third-order valence-corrected chi connectivity index (χ3v) is 3.26. The van der Waals surface area contributed by atoms with Crippen molar-refractivity contribution in [2.75, 3.05) is 31.8 Å². The van der Waals surface area contributed by atoms with Crippen molar-refractivity contribution in [3.05, 3.63) is 24.0 Å². The minimum atomic E-state index is -0.647. The van der Waals surface area contributed by atoms with E-state index in [4.69, 9.17) is 14.2 Å². The zero-order valence-electron chi connectivity index (χ0n) is 12.5. The molecule has 116 valence electrons. The lowest BCUT2D eigenvalue weighted by Gasteiger charge is -2.32. The van der Waals surface area contributed by atoms with Crippen LogP contribution in [0.3, 0.4) is 0 Å². The number of hydrogen-bond donors (Lipinski definition) is 0. The van der Waals surface area contributed by atoms with Gasteiger partial charge < -0.3 is 19.1 Å². The number of nitrogens with zero attached hydrogens (tertiary/aromatic N) is 1. The molecule has 1 aromatic carbocycles. The van der Waals surface area contributed by atoms with E-state index in [0.29, 0.717) is 18.9 Å². The summed E-state index contributed by atoms with van der Waals surface area (Å²) in [5, 5.41) is 0. The minimum absolute atomic E-state index is 0.129. The van der Waals surface area contributed by atoms with Gasteiger partial charge in [-0.15, -0.1) is 0 Å². The van der Waals surface area contributed by atoms with Gasteiger partial charge in [-0.3, -0.25) is 4.79 Å². The molecule has 0 bridgehead atoms. The van der Waals surface area contributed by atoms with Crippen LogP contribution in [0.25, 0.3) is 0 Å². The lowest BCUT2D eigenvalue weighted by Crippen LogP contribution is -2.48. The Labute approximate surface area is 123 Å². The van der Waals surface area contributed by atoms with E-state index in [2.05, 4.69) is 0 Å². The molecule has 1 amide bonds. The second kappa shape index (κ2) is 6.87. The number of rotatable bonds is 4. The number of carbonyl (C=O) groups is 1. The molecule has 5 nitrogen and oxygen atoms in total. The zero-order valence-corrected chi connectivity index (χ0v) is 12.5. The number of benzene rings is 1. The monoisotopic (exact) mass is 297 g/mol. The highest BCUT2D eigenvalue weighted by Gasteiger charge is 2.30. The summed E-state index contributed by atoms with van der Waals surface area (Å²) >= 11 is 0. The molecule has 1 aliphatic rings. The smallest absolute Gasteiger partial charge is 0.258 e. The second-order valence-corrected chi connectivity index (χ2v) is 5.06. The summed E-state index contributed by atoms with van der Waals surface area (Å²) in [7, 11) is 1.40. The molecule has 0 spiro atoms. The highest BCUT2D eigenvalue weighted by atomic mass is 19.1. The van der Waals surface area contributed by atoms with Gasteiger partial charge in [-0.25, -0.2) is 4.39 Å².